The van der Waals surface area contributed by atoms with Gasteiger partial charge in [-0.2, -0.15) is 0 Å². The van der Waals surface area contributed by atoms with Crippen LogP contribution in [-0.2, 0) is 19.4 Å². The number of likely N-dealkylation sites (tertiary alicyclic amines) is 2. The van der Waals surface area contributed by atoms with Gasteiger partial charge in [0.25, 0.3) is 0 Å². The Hall–Kier alpha value is -3.33. The highest BCUT2D eigenvalue weighted by Gasteiger charge is 2.24. The lowest BCUT2D eigenvalue weighted by Crippen LogP contribution is -2.33. The van der Waals surface area contributed by atoms with Gasteiger partial charge in [0.05, 0.1) is 25.2 Å². The van der Waals surface area contributed by atoms with Gasteiger partial charge in [-0.05, 0) is 149 Å². The molecule has 0 bridgehead atoms. The van der Waals surface area contributed by atoms with E-state index in [0.717, 1.165) is 61.8 Å². The average molecular weight is 717 g/mol. The molecule has 0 amide bonds. The summed E-state index contributed by atoms with van der Waals surface area (Å²) in [7, 11) is 0. The summed E-state index contributed by atoms with van der Waals surface area (Å²) < 4.78 is 19.2. The lowest BCUT2D eigenvalue weighted by molar-refractivity contribution is 0.184. The van der Waals surface area contributed by atoms with E-state index in [0.29, 0.717) is 65.2 Å². The molecule has 8 heteroatoms. The van der Waals surface area contributed by atoms with Gasteiger partial charge in [0, 0.05) is 23.3 Å². The summed E-state index contributed by atoms with van der Waals surface area (Å²) in [5.74, 6) is 2.60. The van der Waals surface area contributed by atoms with Crippen LogP contribution < -0.4 is 14.9 Å². The van der Waals surface area contributed by atoms with Gasteiger partial charge in [-0.1, -0.05) is 37.1 Å². The highest BCUT2D eigenvalue weighted by atomic mass is 16.5. The number of rotatable bonds is 17. The zero-order valence-electron chi connectivity index (χ0n) is 32.8. The van der Waals surface area contributed by atoms with Gasteiger partial charge in [-0.25, -0.2) is 0 Å². The summed E-state index contributed by atoms with van der Waals surface area (Å²) in [4.78, 5) is 19.6. The minimum Gasteiger partial charge on any atom is -0.507 e. The smallest absolute Gasteiger partial charge is 0.204 e. The van der Waals surface area contributed by atoms with Crippen molar-refractivity contribution in [2.24, 2.45) is 11.8 Å². The van der Waals surface area contributed by atoms with Crippen LogP contribution in [0.2, 0.25) is 0 Å². The van der Waals surface area contributed by atoms with E-state index in [4.69, 9.17) is 13.9 Å². The molecule has 2 aromatic carbocycles. The van der Waals surface area contributed by atoms with Crippen LogP contribution in [-0.4, -0.2) is 72.5 Å². The second-order valence-electron chi connectivity index (χ2n) is 16.0. The van der Waals surface area contributed by atoms with Crippen molar-refractivity contribution in [2.45, 2.75) is 112 Å². The van der Waals surface area contributed by atoms with Gasteiger partial charge in [0.15, 0.2) is 0 Å². The summed E-state index contributed by atoms with van der Waals surface area (Å²) >= 11 is 0. The molecule has 0 spiro atoms. The molecule has 2 aliphatic rings. The minimum absolute atomic E-state index is 0.106. The molecule has 0 saturated carbocycles. The molecule has 8 nitrogen and oxygen atoms in total. The van der Waals surface area contributed by atoms with Crippen molar-refractivity contribution >= 4 is 21.9 Å². The second kappa shape index (κ2) is 19.1. The largest absolute Gasteiger partial charge is 0.507 e. The van der Waals surface area contributed by atoms with Crippen molar-refractivity contribution in [3.8, 4) is 17.2 Å². The molecule has 0 radical (unpaired) electrons. The third-order valence-corrected chi connectivity index (χ3v) is 11.1. The number of allylic oxidation sites excluding steroid dienone is 4. The van der Waals surface area contributed by atoms with Crippen LogP contribution in [0.15, 0.2) is 44.6 Å². The molecule has 2 aliphatic heterocycles. The van der Waals surface area contributed by atoms with Gasteiger partial charge >= 0.3 is 0 Å². The summed E-state index contributed by atoms with van der Waals surface area (Å²) in [5, 5.41) is 22.9. The Kier molecular flexibility index (Phi) is 14.7. The minimum atomic E-state index is -0.316. The summed E-state index contributed by atoms with van der Waals surface area (Å²) in [5.41, 5.74) is 4.38. The molecule has 286 valence electrons. The maximum atomic E-state index is 14.5. The topological polar surface area (TPSA) is 95.6 Å². The molecular weight excluding hydrogens is 652 g/mol. The molecule has 52 heavy (non-hydrogen) atoms. The quantitative estimate of drug-likeness (QED) is 0.0813. The fraction of sp³-hybridized carbons (Fsp3) is 0.614. The first-order valence-electron chi connectivity index (χ1n) is 19.9. The van der Waals surface area contributed by atoms with Crippen LogP contribution in [0, 0.1) is 11.8 Å². The number of aromatic hydroxyl groups is 1. The molecule has 3 heterocycles. The molecule has 2 saturated heterocycles. The maximum absolute atomic E-state index is 14.5. The lowest BCUT2D eigenvalue weighted by Gasteiger charge is -2.30. The van der Waals surface area contributed by atoms with E-state index in [2.05, 4.69) is 23.6 Å². The van der Waals surface area contributed by atoms with Crippen LogP contribution in [0.25, 0.3) is 21.9 Å². The molecular formula is C44H64N2O6. The van der Waals surface area contributed by atoms with E-state index in [9.17, 15) is 15.0 Å². The number of phenols is 1. The fourth-order valence-electron chi connectivity index (χ4n) is 7.54. The standard InChI is InChI=1S/C44H64N2O6/c1-30(2)11-13-34-36(29-47)38(51-26-10-8-20-46-23-17-33(6)18-24-46)28-39-41(34)44(49)42-40(52-39)27-37(35(43(42)48)14-12-31(3)4)50-25-9-7-19-45-21-15-32(5)16-22-45/h11-12,27-28,32-33,47-48H,7-10,13-26,29H2,1-6H3. The van der Waals surface area contributed by atoms with Gasteiger partial charge in [-0.3, -0.25) is 4.79 Å². The molecule has 0 unspecified atom stereocenters. The number of fused-ring (bicyclic) bond motifs is 2. The van der Waals surface area contributed by atoms with Crippen molar-refractivity contribution in [1.82, 2.24) is 9.80 Å². The van der Waals surface area contributed by atoms with Crippen LogP contribution in [0.3, 0.4) is 0 Å². The molecule has 3 aromatic rings. The van der Waals surface area contributed by atoms with Crippen LogP contribution >= 0.6 is 0 Å². The first-order valence-corrected chi connectivity index (χ1v) is 19.9. The number of hydrogen-bond acceptors (Lipinski definition) is 8. The number of aliphatic hydroxyl groups is 1. The van der Waals surface area contributed by atoms with E-state index in [1.54, 1.807) is 12.1 Å². The molecule has 2 fully saturated rings. The van der Waals surface area contributed by atoms with E-state index >= 15 is 0 Å². The SMILES string of the molecule is CC(C)=CCc1c(OCCCCN2CCC(C)CC2)cc2oc3cc(OCCCCN4CCC(C)CC4)c(CO)c(CC=C(C)C)c3c(=O)c2c1O. The first-order chi connectivity index (χ1) is 25.0. The van der Waals surface area contributed by atoms with Gasteiger partial charge in [0.1, 0.15) is 33.8 Å². The van der Waals surface area contributed by atoms with E-state index in [-0.39, 0.29) is 28.8 Å². The molecule has 1 aromatic heterocycles. The number of nitrogens with zero attached hydrogens (tertiary/aromatic N) is 2. The average Bonchev–Trinajstić information content (AvgIpc) is 3.11. The Morgan fingerprint density at radius 2 is 1.19 bits per heavy atom. The zero-order chi connectivity index (χ0) is 37.2. The van der Waals surface area contributed by atoms with Crippen LogP contribution in [0.1, 0.15) is 110 Å². The normalized spacial score (nSPS) is 16.4. The number of benzene rings is 2. The van der Waals surface area contributed by atoms with E-state index < -0.39 is 0 Å². The Bertz CT molecular complexity index is 1750. The number of unbranched alkanes of at least 4 members (excludes halogenated alkanes) is 2. The molecule has 5 rings (SSSR count). The van der Waals surface area contributed by atoms with E-state index in [1.165, 1.54) is 51.9 Å². The highest BCUT2D eigenvalue weighted by molar-refractivity contribution is 5.97. The predicted molar refractivity (Wildman–Crippen MR) is 213 cm³/mol. The van der Waals surface area contributed by atoms with Gasteiger partial charge in [-0.15, -0.1) is 0 Å². The van der Waals surface area contributed by atoms with Crippen molar-refractivity contribution in [2.75, 3.05) is 52.5 Å². The Balaban J connectivity index is 1.43. The number of phenolic OH excluding ortho intramolecular Hbond substituents is 1. The van der Waals surface area contributed by atoms with Crippen molar-refractivity contribution in [3.63, 3.8) is 0 Å². The summed E-state index contributed by atoms with van der Waals surface area (Å²) in [6, 6.07) is 3.52. The number of ether oxygens (including phenoxy) is 2. The van der Waals surface area contributed by atoms with Crippen molar-refractivity contribution in [3.05, 3.63) is 62.3 Å². The van der Waals surface area contributed by atoms with Crippen LogP contribution in [0.4, 0.5) is 0 Å². The third-order valence-electron chi connectivity index (χ3n) is 11.1. The molecule has 0 atom stereocenters. The molecule has 2 N–H and O–H groups in total. The van der Waals surface area contributed by atoms with Crippen LogP contribution in [0.5, 0.6) is 17.2 Å². The Morgan fingerprint density at radius 3 is 1.67 bits per heavy atom. The number of hydrogen-bond donors (Lipinski definition) is 2. The first kappa shape index (κ1) is 39.9. The zero-order valence-corrected chi connectivity index (χ0v) is 32.8. The monoisotopic (exact) mass is 716 g/mol. The highest BCUT2D eigenvalue weighted by Crippen LogP contribution is 2.39. The molecule has 0 aliphatic carbocycles. The Labute approximate surface area is 311 Å². The fourth-order valence-corrected chi connectivity index (χ4v) is 7.54. The van der Waals surface area contributed by atoms with Gasteiger partial charge < -0.3 is 33.9 Å². The second-order valence-corrected chi connectivity index (χ2v) is 16.0. The third kappa shape index (κ3) is 10.4. The Morgan fingerprint density at radius 1 is 0.731 bits per heavy atom. The van der Waals surface area contributed by atoms with Crippen molar-refractivity contribution in [1.29, 1.82) is 0 Å². The lowest BCUT2D eigenvalue weighted by atomic mass is 9.95. The van der Waals surface area contributed by atoms with Gasteiger partial charge in [0.2, 0.25) is 5.43 Å². The van der Waals surface area contributed by atoms with E-state index in [1.807, 2.05) is 39.8 Å². The summed E-state index contributed by atoms with van der Waals surface area (Å²) in [6.07, 6.45) is 13.9. The summed E-state index contributed by atoms with van der Waals surface area (Å²) in [6.45, 7) is 20.3. The predicted octanol–water partition coefficient (Wildman–Crippen LogP) is 8.94. The number of aliphatic hydroxyl groups excluding tert-OH is 1. The number of piperidine rings is 2. The maximum Gasteiger partial charge on any atom is 0.204 e. The van der Waals surface area contributed by atoms with Crippen molar-refractivity contribution < 1.29 is 24.1 Å².